The number of benzene rings is 1. The molecule has 0 N–H and O–H groups in total. The SMILES string of the molecule is CN1CC(OC(=O)c2ccc(Cl)cc2)[N+]([O-])(c2ncc(Br)s2)C1. The second kappa shape index (κ2) is 6.46. The van der Waals surface area contributed by atoms with E-state index in [9.17, 15) is 10.0 Å². The second-order valence-corrected chi connectivity index (χ2v) is 8.11. The summed E-state index contributed by atoms with van der Waals surface area (Å²) in [5.74, 6) is -0.545. The molecule has 2 atom stereocenters. The first-order valence-corrected chi connectivity index (χ1v) is 8.73. The number of ether oxygens (including phenoxy) is 1. The van der Waals surface area contributed by atoms with E-state index in [0.29, 0.717) is 22.3 Å². The maximum Gasteiger partial charge on any atom is 0.342 e. The monoisotopic (exact) mass is 417 g/mol. The Morgan fingerprint density at radius 1 is 1.52 bits per heavy atom. The Hall–Kier alpha value is -1.03. The van der Waals surface area contributed by atoms with Gasteiger partial charge < -0.3 is 9.94 Å². The van der Waals surface area contributed by atoms with Crippen molar-refractivity contribution < 1.29 is 9.53 Å². The van der Waals surface area contributed by atoms with Gasteiger partial charge in [-0.05, 0) is 58.6 Å². The van der Waals surface area contributed by atoms with Crippen LogP contribution in [0.1, 0.15) is 10.4 Å². The number of hydrogen-bond donors (Lipinski definition) is 0. The van der Waals surface area contributed by atoms with Gasteiger partial charge in [0.15, 0.2) is 0 Å². The largest absolute Gasteiger partial charge is 0.622 e. The van der Waals surface area contributed by atoms with E-state index in [-0.39, 0.29) is 6.67 Å². The van der Waals surface area contributed by atoms with Gasteiger partial charge in [0.05, 0.1) is 22.1 Å². The summed E-state index contributed by atoms with van der Waals surface area (Å²) in [6.45, 7) is 0.526. The zero-order valence-corrected chi connectivity index (χ0v) is 15.3. The van der Waals surface area contributed by atoms with Crippen LogP contribution in [0.4, 0.5) is 5.13 Å². The normalized spacial score (nSPS) is 24.8. The molecule has 0 radical (unpaired) electrons. The molecular weight excluding hydrogens is 406 g/mol. The van der Waals surface area contributed by atoms with Gasteiger partial charge in [0.1, 0.15) is 6.67 Å². The van der Waals surface area contributed by atoms with Crippen molar-refractivity contribution in [1.82, 2.24) is 14.5 Å². The molecule has 2 unspecified atom stereocenters. The van der Waals surface area contributed by atoms with Gasteiger partial charge in [0.2, 0.25) is 0 Å². The van der Waals surface area contributed by atoms with Crippen molar-refractivity contribution in [1.29, 1.82) is 0 Å². The lowest BCUT2D eigenvalue weighted by Gasteiger charge is -2.38. The average molecular weight is 419 g/mol. The zero-order chi connectivity index (χ0) is 16.6. The highest BCUT2D eigenvalue weighted by Gasteiger charge is 2.44. The number of nitrogens with zero attached hydrogens (tertiary/aromatic N) is 3. The first kappa shape index (κ1) is 16.8. The fraction of sp³-hybridized carbons (Fsp3) is 0.286. The van der Waals surface area contributed by atoms with Crippen molar-refractivity contribution in [3.63, 3.8) is 0 Å². The molecular formula is C14H13BrClN3O3S. The fourth-order valence-electron chi connectivity index (χ4n) is 2.41. The molecule has 0 amide bonds. The Kier molecular flexibility index (Phi) is 4.73. The standard InChI is InChI=1S/C14H13BrClN3O3S/c1-18-7-12(19(21,8-18)14-17-6-11(15)23-14)22-13(20)9-2-4-10(16)5-3-9/h2-6,12H,7-8H2,1H3. The Balaban J connectivity index is 1.82. The molecule has 0 saturated carbocycles. The van der Waals surface area contributed by atoms with Gasteiger partial charge in [-0.3, -0.25) is 4.65 Å². The molecule has 1 saturated heterocycles. The van der Waals surface area contributed by atoms with Crippen LogP contribution in [0.3, 0.4) is 0 Å². The van der Waals surface area contributed by atoms with Gasteiger partial charge in [-0.15, -0.1) is 0 Å². The molecule has 1 fully saturated rings. The number of hydrogen-bond acceptors (Lipinski definition) is 6. The lowest BCUT2D eigenvalue weighted by atomic mass is 10.2. The zero-order valence-electron chi connectivity index (χ0n) is 12.1. The summed E-state index contributed by atoms with van der Waals surface area (Å²) in [7, 11) is 1.81. The molecule has 6 nitrogen and oxygen atoms in total. The lowest BCUT2D eigenvalue weighted by Crippen LogP contribution is -2.50. The van der Waals surface area contributed by atoms with Crippen molar-refractivity contribution >= 4 is 50.0 Å². The first-order chi connectivity index (χ1) is 10.9. The van der Waals surface area contributed by atoms with Gasteiger partial charge in [-0.1, -0.05) is 11.6 Å². The number of carbonyl (C=O) groups is 1. The average Bonchev–Trinajstić information content (AvgIpc) is 3.05. The summed E-state index contributed by atoms with van der Waals surface area (Å²) >= 11 is 10.4. The summed E-state index contributed by atoms with van der Waals surface area (Å²) in [5, 5.41) is 14.1. The van der Waals surface area contributed by atoms with Crippen LogP contribution in [-0.2, 0) is 4.74 Å². The number of likely N-dealkylation sites (N-methyl/N-ethyl adjacent to an activating group) is 1. The van der Waals surface area contributed by atoms with E-state index < -0.39 is 16.8 Å². The predicted octanol–water partition coefficient (Wildman–Crippen LogP) is 3.45. The third kappa shape index (κ3) is 3.42. The van der Waals surface area contributed by atoms with Crippen LogP contribution in [0.25, 0.3) is 0 Å². The van der Waals surface area contributed by atoms with E-state index in [1.807, 2.05) is 11.9 Å². The Morgan fingerprint density at radius 3 is 2.83 bits per heavy atom. The summed E-state index contributed by atoms with van der Waals surface area (Å²) in [4.78, 5) is 18.2. The van der Waals surface area contributed by atoms with Crippen LogP contribution in [-0.4, -0.2) is 42.3 Å². The molecule has 3 rings (SSSR count). The molecule has 9 heteroatoms. The van der Waals surface area contributed by atoms with Crippen molar-refractivity contribution in [2.75, 3.05) is 20.3 Å². The first-order valence-electron chi connectivity index (χ1n) is 6.74. The van der Waals surface area contributed by atoms with Crippen LogP contribution in [0, 0.1) is 5.21 Å². The summed E-state index contributed by atoms with van der Waals surface area (Å²) < 4.78 is 5.44. The van der Waals surface area contributed by atoms with Gasteiger partial charge in [0.25, 0.3) is 11.4 Å². The lowest BCUT2D eigenvalue weighted by molar-refractivity contribution is 0.00570. The Morgan fingerprint density at radius 2 is 2.22 bits per heavy atom. The third-order valence-electron chi connectivity index (χ3n) is 3.50. The van der Waals surface area contributed by atoms with E-state index in [1.165, 1.54) is 11.3 Å². The molecule has 2 heterocycles. The Bertz CT molecular complexity index is 726. The highest BCUT2D eigenvalue weighted by atomic mass is 79.9. The minimum Gasteiger partial charge on any atom is -0.622 e. The van der Waals surface area contributed by atoms with E-state index in [4.69, 9.17) is 16.3 Å². The van der Waals surface area contributed by atoms with Gasteiger partial charge >= 0.3 is 5.97 Å². The molecule has 0 aliphatic carbocycles. The molecule has 0 bridgehead atoms. The highest BCUT2D eigenvalue weighted by molar-refractivity contribution is 9.11. The number of rotatable bonds is 3. The number of carbonyl (C=O) groups excluding carboxylic acids is 1. The van der Waals surface area contributed by atoms with Crippen LogP contribution < -0.4 is 4.65 Å². The molecule has 23 heavy (non-hydrogen) atoms. The van der Waals surface area contributed by atoms with E-state index in [0.717, 1.165) is 3.79 Å². The number of aromatic nitrogens is 1. The minimum absolute atomic E-state index is 0.179. The maximum atomic E-state index is 13.2. The number of esters is 1. The van der Waals surface area contributed by atoms with Gasteiger partial charge in [0, 0.05) is 5.02 Å². The quantitative estimate of drug-likeness (QED) is 0.434. The predicted molar refractivity (Wildman–Crippen MR) is 93.1 cm³/mol. The van der Waals surface area contributed by atoms with Crippen LogP contribution in [0.2, 0.25) is 5.02 Å². The van der Waals surface area contributed by atoms with E-state index in [2.05, 4.69) is 20.9 Å². The van der Waals surface area contributed by atoms with Crippen LogP contribution in [0.5, 0.6) is 0 Å². The van der Waals surface area contributed by atoms with Crippen molar-refractivity contribution in [2.45, 2.75) is 6.23 Å². The van der Waals surface area contributed by atoms with E-state index in [1.54, 1.807) is 30.5 Å². The van der Waals surface area contributed by atoms with Gasteiger partial charge in [-0.25, -0.2) is 9.69 Å². The van der Waals surface area contributed by atoms with Gasteiger partial charge in [-0.2, -0.15) is 4.98 Å². The molecule has 2 aromatic rings. The second-order valence-electron chi connectivity index (χ2n) is 5.29. The minimum atomic E-state index is -0.860. The molecule has 1 aromatic carbocycles. The van der Waals surface area contributed by atoms with Crippen molar-refractivity contribution in [3.8, 4) is 0 Å². The number of thiazole rings is 1. The molecule has 0 spiro atoms. The molecule has 1 aliphatic heterocycles. The molecule has 122 valence electrons. The fourth-order valence-corrected chi connectivity index (χ4v) is 3.79. The number of halogens is 2. The summed E-state index contributed by atoms with van der Waals surface area (Å²) in [6, 6.07) is 6.36. The third-order valence-corrected chi connectivity index (χ3v) is 5.34. The van der Waals surface area contributed by atoms with Crippen molar-refractivity contribution in [2.24, 2.45) is 0 Å². The highest BCUT2D eigenvalue weighted by Crippen LogP contribution is 2.36. The van der Waals surface area contributed by atoms with Crippen molar-refractivity contribution in [3.05, 3.63) is 50.0 Å². The summed E-state index contributed by atoms with van der Waals surface area (Å²) in [6.07, 6.45) is 0.718. The summed E-state index contributed by atoms with van der Waals surface area (Å²) in [5.41, 5.74) is 0.357. The maximum absolute atomic E-state index is 13.2. The van der Waals surface area contributed by atoms with Crippen LogP contribution >= 0.6 is 38.9 Å². The molecule has 1 aromatic heterocycles. The molecule has 1 aliphatic rings. The topological polar surface area (TPSA) is 65.5 Å². The van der Waals surface area contributed by atoms with Crippen LogP contribution in [0.15, 0.2) is 34.2 Å². The Labute approximate surface area is 150 Å². The number of hydroxylamine groups is 2. The smallest absolute Gasteiger partial charge is 0.342 e. The number of quaternary nitrogens is 1. The van der Waals surface area contributed by atoms with E-state index >= 15 is 0 Å².